The Morgan fingerprint density at radius 1 is 1.27 bits per heavy atom. The third-order valence-corrected chi connectivity index (χ3v) is 1.81. The van der Waals surface area contributed by atoms with Crippen LogP contribution in [0.25, 0.3) is 0 Å². The second kappa shape index (κ2) is 6.43. The van der Waals surface area contributed by atoms with Gasteiger partial charge in [-0.1, -0.05) is 20.8 Å². The number of carbonyl (C=O) groups excluding carboxylic acids is 2. The minimum atomic E-state index is -0.467. The van der Waals surface area contributed by atoms with Crippen LogP contribution in [0.1, 0.15) is 40.5 Å². The van der Waals surface area contributed by atoms with E-state index in [4.69, 9.17) is 0 Å². The summed E-state index contributed by atoms with van der Waals surface area (Å²) in [6, 6.07) is 0. The van der Waals surface area contributed by atoms with Gasteiger partial charge in [0.15, 0.2) is 0 Å². The largest absolute Gasteiger partial charge is 0.466 e. The zero-order chi connectivity index (χ0) is 11.9. The van der Waals surface area contributed by atoms with E-state index in [1.807, 2.05) is 0 Å². The van der Waals surface area contributed by atoms with Gasteiger partial charge in [0, 0.05) is 6.54 Å². The molecular weight excluding hydrogens is 194 g/mol. The Bertz CT molecular complexity index is 218. The molecule has 0 aliphatic rings. The van der Waals surface area contributed by atoms with Gasteiger partial charge in [0.2, 0.25) is 5.91 Å². The molecule has 0 saturated heterocycles. The first kappa shape index (κ1) is 13.9. The quantitative estimate of drug-likeness (QED) is 0.558. The second-order valence-corrected chi connectivity index (χ2v) is 4.64. The number of nitrogens with one attached hydrogen (secondary N) is 1. The van der Waals surface area contributed by atoms with E-state index in [1.165, 1.54) is 0 Å². The van der Waals surface area contributed by atoms with Crippen LogP contribution >= 0.6 is 0 Å². The molecule has 0 rings (SSSR count). The molecule has 4 heteroatoms. The Hall–Kier alpha value is -1.06. The van der Waals surface area contributed by atoms with Gasteiger partial charge in [0.1, 0.15) is 6.42 Å². The van der Waals surface area contributed by atoms with Crippen LogP contribution in [0.15, 0.2) is 0 Å². The monoisotopic (exact) mass is 215 g/mol. The van der Waals surface area contributed by atoms with E-state index in [9.17, 15) is 9.59 Å². The van der Waals surface area contributed by atoms with Crippen molar-refractivity contribution in [3.8, 4) is 0 Å². The Morgan fingerprint density at radius 3 is 2.33 bits per heavy atom. The molecule has 0 aromatic rings. The fourth-order valence-electron chi connectivity index (χ4n) is 0.983. The number of hydrogen-bond donors (Lipinski definition) is 1. The van der Waals surface area contributed by atoms with E-state index in [-0.39, 0.29) is 17.7 Å². The number of carbonyl (C=O) groups is 2. The molecule has 0 heterocycles. The van der Waals surface area contributed by atoms with Gasteiger partial charge in [-0.15, -0.1) is 0 Å². The summed E-state index contributed by atoms with van der Waals surface area (Å²) in [5.74, 6) is -0.733. The molecule has 0 fully saturated rings. The fourth-order valence-corrected chi connectivity index (χ4v) is 0.983. The minimum absolute atomic E-state index is 0.183. The highest BCUT2D eigenvalue weighted by atomic mass is 16.5. The highest BCUT2D eigenvalue weighted by Gasteiger charge is 2.12. The van der Waals surface area contributed by atoms with E-state index in [1.54, 1.807) is 6.92 Å². The maximum atomic E-state index is 11.2. The van der Waals surface area contributed by atoms with Gasteiger partial charge in [0.25, 0.3) is 0 Å². The van der Waals surface area contributed by atoms with Gasteiger partial charge in [0.05, 0.1) is 6.61 Å². The lowest BCUT2D eigenvalue weighted by molar-refractivity contribution is -0.145. The Morgan fingerprint density at radius 2 is 1.87 bits per heavy atom. The number of rotatable bonds is 5. The van der Waals surface area contributed by atoms with Crippen LogP contribution in [0.3, 0.4) is 0 Å². The molecule has 15 heavy (non-hydrogen) atoms. The topological polar surface area (TPSA) is 55.4 Å². The Kier molecular flexibility index (Phi) is 5.97. The smallest absolute Gasteiger partial charge is 0.315 e. The van der Waals surface area contributed by atoms with Crippen molar-refractivity contribution in [1.29, 1.82) is 0 Å². The molecule has 4 nitrogen and oxygen atoms in total. The van der Waals surface area contributed by atoms with E-state index in [2.05, 4.69) is 30.8 Å². The first-order valence-electron chi connectivity index (χ1n) is 5.27. The highest BCUT2D eigenvalue weighted by Crippen LogP contribution is 2.16. The molecular formula is C11H21NO3. The first-order valence-corrected chi connectivity index (χ1v) is 5.27. The van der Waals surface area contributed by atoms with Crippen LogP contribution in [-0.4, -0.2) is 25.0 Å². The van der Waals surface area contributed by atoms with Crippen molar-refractivity contribution in [2.24, 2.45) is 5.41 Å². The second-order valence-electron chi connectivity index (χ2n) is 4.64. The van der Waals surface area contributed by atoms with Crippen LogP contribution in [0.5, 0.6) is 0 Å². The van der Waals surface area contributed by atoms with Crippen LogP contribution in [0, 0.1) is 5.41 Å². The standard InChI is InChI=1S/C11H21NO3/c1-5-15-10(14)8-9(13)12-7-6-11(2,3)4/h5-8H2,1-4H3,(H,12,13). The van der Waals surface area contributed by atoms with Crippen molar-refractivity contribution in [3.63, 3.8) is 0 Å². The highest BCUT2D eigenvalue weighted by molar-refractivity contribution is 5.94. The molecule has 0 spiro atoms. The molecule has 0 unspecified atom stereocenters. The Labute approximate surface area is 91.4 Å². The van der Waals surface area contributed by atoms with Crippen LogP contribution in [-0.2, 0) is 14.3 Å². The van der Waals surface area contributed by atoms with Gasteiger partial charge in [-0.25, -0.2) is 0 Å². The summed E-state index contributed by atoms with van der Waals surface area (Å²) >= 11 is 0. The lowest BCUT2D eigenvalue weighted by Crippen LogP contribution is -2.29. The summed E-state index contributed by atoms with van der Waals surface area (Å²) in [6.45, 7) is 8.94. The molecule has 0 saturated carbocycles. The molecule has 0 aliphatic heterocycles. The molecule has 0 radical (unpaired) electrons. The summed E-state index contributed by atoms with van der Waals surface area (Å²) in [7, 11) is 0. The fraction of sp³-hybridized carbons (Fsp3) is 0.818. The van der Waals surface area contributed by atoms with E-state index in [0.717, 1.165) is 6.42 Å². The van der Waals surface area contributed by atoms with Crippen molar-refractivity contribution in [2.45, 2.75) is 40.5 Å². The zero-order valence-electron chi connectivity index (χ0n) is 10.1. The van der Waals surface area contributed by atoms with Crippen molar-refractivity contribution in [1.82, 2.24) is 5.32 Å². The van der Waals surface area contributed by atoms with Crippen LogP contribution < -0.4 is 5.32 Å². The summed E-state index contributed by atoms with van der Waals surface area (Å²) in [5.41, 5.74) is 0.192. The predicted molar refractivity (Wildman–Crippen MR) is 58.3 cm³/mol. The van der Waals surface area contributed by atoms with Crippen molar-refractivity contribution < 1.29 is 14.3 Å². The maximum Gasteiger partial charge on any atom is 0.315 e. The normalized spacial score (nSPS) is 10.9. The summed E-state index contributed by atoms with van der Waals surface area (Å²) in [4.78, 5) is 22.1. The van der Waals surface area contributed by atoms with Gasteiger partial charge < -0.3 is 10.1 Å². The van der Waals surface area contributed by atoms with Crippen LogP contribution in [0.4, 0.5) is 0 Å². The van der Waals surface area contributed by atoms with Crippen LogP contribution in [0.2, 0.25) is 0 Å². The number of ether oxygens (including phenoxy) is 1. The van der Waals surface area contributed by atoms with E-state index in [0.29, 0.717) is 13.2 Å². The molecule has 0 bridgehead atoms. The average Bonchev–Trinajstić information content (AvgIpc) is 2.01. The van der Waals surface area contributed by atoms with Gasteiger partial charge in [-0.05, 0) is 18.8 Å². The number of esters is 1. The van der Waals surface area contributed by atoms with Gasteiger partial charge in [-0.3, -0.25) is 9.59 Å². The summed E-state index contributed by atoms with van der Waals surface area (Å²) in [6.07, 6.45) is 0.708. The molecule has 0 aliphatic carbocycles. The lowest BCUT2D eigenvalue weighted by Gasteiger charge is -2.17. The SMILES string of the molecule is CCOC(=O)CC(=O)NCCC(C)(C)C. The third kappa shape index (κ3) is 9.25. The van der Waals surface area contributed by atoms with Crippen molar-refractivity contribution >= 4 is 11.9 Å². The van der Waals surface area contributed by atoms with E-state index >= 15 is 0 Å². The average molecular weight is 215 g/mol. The zero-order valence-corrected chi connectivity index (χ0v) is 10.1. The number of amides is 1. The minimum Gasteiger partial charge on any atom is -0.466 e. The molecule has 0 aromatic heterocycles. The summed E-state index contributed by atoms with van der Waals surface area (Å²) < 4.78 is 4.66. The molecule has 1 N–H and O–H groups in total. The van der Waals surface area contributed by atoms with Gasteiger partial charge >= 0.3 is 5.97 Å². The summed E-state index contributed by atoms with van der Waals surface area (Å²) in [5, 5.41) is 2.69. The van der Waals surface area contributed by atoms with Crippen molar-refractivity contribution in [3.05, 3.63) is 0 Å². The van der Waals surface area contributed by atoms with Crippen molar-refractivity contribution in [2.75, 3.05) is 13.2 Å². The third-order valence-electron chi connectivity index (χ3n) is 1.81. The molecule has 0 atom stereocenters. The Balaban J connectivity index is 3.62. The maximum absolute atomic E-state index is 11.2. The molecule has 1 amide bonds. The molecule has 0 aromatic carbocycles. The van der Waals surface area contributed by atoms with Gasteiger partial charge in [-0.2, -0.15) is 0 Å². The predicted octanol–water partition coefficient (Wildman–Crippen LogP) is 1.49. The lowest BCUT2D eigenvalue weighted by atomic mass is 9.92. The number of hydrogen-bond acceptors (Lipinski definition) is 3. The molecule has 88 valence electrons. The first-order chi connectivity index (χ1) is 6.85. The van der Waals surface area contributed by atoms with E-state index < -0.39 is 5.97 Å².